The molecule has 1 aromatic rings. The molecule has 0 spiro atoms. The van der Waals surface area contributed by atoms with Crippen LogP contribution in [0.15, 0.2) is 24.3 Å². The highest BCUT2D eigenvalue weighted by molar-refractivity contribution is 5.95. The van der Waals surface area contributed by atoms with Crippen LogP contribution in [0.25, 0.3) is 0 Å². The van der Waals surface area contributed by atoms with E-state index in [2.05, 4.69) is 4.74 Å². The van der Waals surface area contributed by atoms with Crippen LogP contribution in [0.5, 0.6) is 0 Å². The van der Waals surface area contributed by atoms with Gasteiger partial charge in [-0.2, -0.15) is 13.2 Å². The number of ether oxygens (including phenoxy) is 1. The van der Waals surface area contributed by atoms with Crippen molar-refractivity contribution in [3.8, 4) is 0 Å². The monoisotopic (exact) mass is 309 g/mol. The molecule has 1 amide bonds. The second-order valence-corrected chi connectivity index (χ2v) is 4.08. The Kier molecular flexibility index (Phi) is 4.89. The van der Waals surface area contributed by atoms with Gasteiger partial charge in [0.2, 0.25) is 5.91 Å². The molecule has 0 bridgehead atoms. The number of hydrogen-bond donors (Lipinski definition) is 2. The molecule has 0 aliphatic carbocycles. The molecule has 0 aliphatic rings. The lowest BCUT2D eigenvalue weighted by Crippen LogP contribution is -2.54. The Balaban J connectivity index is 2.87. The van der Waals surface area contributed by atoms with Gasteiger partial charge in [0, 0.05) is 5.69 Å². The first-order valence-electron chi connectivity index (χ1n) is 5.53. The summed E-state index contributed by atoms with van der Waals surface area (Å²) >= 11 is 0. The predicted octanol–water partition coefficient (Wildman–Crippen LogP) is 1.62. The molecular weight excluding hydrogens is 298 g/mol. The highest BCUT2D eigenvalue weighted by Crippen LogP contribution is 2.34. The minimum atomic E-state index is -5.39. The van der Waals surface area contributed by atoms with Crippen molar-refractivity contribution in [1.82, 2.24) is 0 Å². The van der Waals surface area contributed by atoms with Gasteiger partial charge in [-0.3, -0.25) is 4.79 Å². The largest absolute Gasteiger partial charge is 0.467 e. The molecule has 0 fully saturated rings. The molecule has 21 heavy (non-hydrogen) atoms. The molecule has 5 nitrogen and oxygen atoms in total. The van der Waals surface area contributed by atoms with E-state index in [1.165, 1.54) is 0 Å². The van der Waals surface area contributed by atoms with E-state index in [-0.39, 0.29) is 5.69 Å². The number of carbonyl (C=O) groups excluding carboxylic acids is 2. The zero-order chi connectivity index (χ0) is 16.3. The first kappa shape index (κ1) is 16.9. The second-order valence-electron chi connectivity index (χ2n) is 4.08. The topological polar surface area (TPSA) is 75.6 Å². The molecule has 1 atom stereocenters. The second kappa shape index (κ2) is 6.08. The van der Waals surface area contributed by atoms with Crippen molar-refractivity contribution in [2.45, 2.75) is 18.2 Å². The molecule has 0 aromatic heterocycles. The van der Waals surface area contributed by atoms with Gasteiger partial charge in [0.25, 0.3) is 5.60 Å². The van der Waals surface area contributed by atoms with Crippen LogP contribution in [-0.4, -0.2) is 35.9 Å². The standard InChI is InChI=1S/C12H11F4NO4/c1-21-10(19)11(20,12(14,15)16)6-9(18)17-8-4-2-7(13)3-5-8/h2-5,20H,6H2,1H3,(H,17,18)/t11-/m0/s1. The number of alkyl halides is 3. The van der Waals surface area contributed by atoms with Crippen molar-refractivity contribution in [2.24, 2.45) is 0 Å². The van der Waals surface area contributed by atoms with E-state index in [0.29, 0.717) is 7.11 Å². The molecule has 0 unspecified atom stereocenters. The summed E-state index contributed by atoms with van der Waals surface area (Å²) in [6.45, 7) is 0. The minimum absolute atomic E-state index is 0.00999. The van der Waals surface area contributed by atoms with Gasteiger partial charge >= 0.3 is 12.1 Å². The van der Waals surface area contributed by atoms with Crippen molar-refractivity contribution in [3.05, 3.63) is 30.1 Å². The van der Waals surface area contributed by atoms with E-state index in [9.17, 15) is 32.3 Å². The third-order valence-electron chi connectivity index (χ3n) is 2.54. The lowest BCUT2D eigenvalue weighted by atomic mass is 9.98. The van der Waals surface area contributed by atoms with Gasteiger partial charge in [-0.05, 0) is 24.3 Å². The number of esters is 1. The molecule has 0 heterocycles. The highest BCUT2D eigenvalue weighted by atomic mass is 19.4. The quantitative estimate of drug-likeness (QED) is 0.654. The number of nitrogens with one attached hydrogen (secondary N) is 1. The van der Waals surface area contributed by atoms with Gasteiger partial charge in [0.15, 0.2) is 0 Å². The molecule has 2 N–H and O–H groups in total. The van der Waals surface area contributed by atoms with E-state index in [1.54, 1.807) is 0 Å². The number of methoxy groups -OCH3 is 1. The van der Waals surface area contributed by atoms with Crippen LogP contribution in [0.2, 0.25) is 0 Å². The maximum atomic E-state index is 12.7. The van der Waals surface area contributed by atoms with Crippen LogP contribution >= 0.6 is 0 Å². The van der Waals surface area contributed by atoms with Crippen molar-refractivity contribution in [2.75, 3.05) is 12.4 Å². The van der Waals surface area contributed by atoms with Crippen LogP contribution in [0.4, 0.5) is 23.2 Å². The van der Waals surface area contributed by atoms with Gasteiger partial charge in [-0.15, -0.1) is 0 Å². The van der Waals surface area contributed by atoms with Crippen molar-refractivity contribution in [3.63, 3.8) is 0 Å². The Morgan fingerprint density at radius 3 is 2.19 bits per heavy atom. The van der Waals surface area contributed by atoms with Crippen molar-refractivity contribution < 1.29 is 37.0 Å². The first-order chi connectivity index (χ1) is 9.60. The fourth-order valence-corrected chi connectivity index (χ4v) is 1.43. The molecule has 1 rings (SSSR count). The number of rotatable bonds is 4. The fraction of sp³-hybridized carbons (Fsp3) is 0.333. The van der Waals surface area contributed by atoms with Gasteiger partial charge in [-0.25, -0.2) is 9.18 Å². The lowest BCUT2D eigenvalue weighted by molar-refractivity contribution is -0.261. The number of amides is 1. The summed E-state index contributed by atoms with van der Waals surface area (Å²) in [5.41, 5.74) is -3.94. The molecule has 0 saturated heterocycles. The summed E-state index contributed by atoms with van der Waals surface area (Å²) in [4.78, 5) is 22.6. The molecule has 116 valence electrons. The highest BCUT2D eigenvalue weighted by Gasteiger charge is 2.61. The average molecular weight is 309 g/mol. The van der Waals surface area contributed by atoms with E-state index >= 15 is 0 Å². The molecule has 0 aliphatic heterocycles. The van der Waals surface area contributed by atoms with E-state index in [4.69, 9.17) is 0 Å². The van der Waals surface area contributed by atoms with Crippen LogP contribution in [-0.2, 0) is 14.3 Å². The number of halogens is 4. The first-order valence-corrected chi connectivity index (χ1v) is 5.53. The summed E-state index contributed by atoms with van der Waals surface area (Å²) in [5.74, 6) is -3.88. The summed E-state index contributed by atoms with van der Waals surface area (Å²) in [6, 6.07) is 4.17. The predicted molar refractivity (Wildman–Crippen MR) is 62.7 cm³/mol. The smallest absolute Gasteiger partial charge is 0.428 e. The van der Waals surface area contributed by atoms with E-state index < -0.39 is 35.9 Å². The third kappa shape index (κ3) is 3.91. The number of carbonyl (C=O) groups is 2. The fourth-order valence-electron chi connectivity index (χ4n) is 1.43. The average Bonchev–Trinajstić information content (AvgIpc) is 2.38. The summed E-state index contributed by atoms with van der Waals surface area (Å²) < 4.78 is 54.7. The van der Waals surface area contributed by atoms with Crippen LogP contribution < -0.4 is 5.32 Å². The maximum absolute atomic E-state index is 12.7. The normalized spacial score (nSPS) is 14.2. The van der Waals surface area contributed by atoms with Gasteiger partial charge in [0.1, 0.15) is 5.82 Å². The Labute approximate surface area is 116 Å². The molecule has 0 saturated carbocycles. The Morgan fingerprint density at radius 2 is 1.76 bits per heavy atom. The Bertz CT molecular complexity index is 529. The zero-order valence-corrected chi connectivity index (χ0v) is 10.7. The van der Waals surface area contributed by atoms with Crippen LogP contribution in [0.3, 0.4) is 0 Å². The van der Waals surface area contributed by atoms with Crippen LogP contribution in [0, 0.1) is 5.82 Å². The maximum Gasteiger partial charge on any atom is 0.428 e. The van der Waals surface area contributed by atoms with Gasteiger partial charge in [-0.1, -0.05) is 0 Å². The summed E-state index contributed by atoms with van der Waals surface area (Å²) in [6.07, 6.45) is -6.97. The van der Waals surface area contributed by atoms with E-state index in [1.807, 2.05) is 5.32 Å². The summed E-state index contributed by atoms with van der Waals surface area (Å²) in [5, 5.41) is 11.4. The number of hydrogen-bond acceptors (Lipinski definition) is 4. The minimum Gasteiger partial charge on any atom is -0.467 e. The van der Waals surface area contributed by atoms with Gasteiger partial charge < -0.3 is 15.2 Å². The van der Waals surface area contributed by atoms with Crippen molar-refractivity contribution >= 4 is 17.6 Å². The molecular formula is C12H11F4NO4. The molecule has 1 aromatic carbocycles. The molecule has 9 heteroatoms. The Morgan fingerprint density at radius 1 is 1.24 bits per heavy atom. The number of anilines is 1. The number of aliphatic hydroxyl groups is 1. The van der Waals surface area contributed by atoms with Crippen molar-refractivity contribution in [1.29, 1.82) is 0 Å². The Hall–Kier alpha value is -2.16. The third-order valence-corrected chi connectivity index (χ3v) is 2.54. The molecule has 0 radical (unpaired) electrons. The SMILES string of the molecule is COC(=O)[C@@](O)(CC(=O)Nc1ccc(F)cc1)C(F)(F)F. The summed E-state index contributed by atoms with van der Waals surface area (Å²) in [7, 11) is 0.650. The van der Waals surface area contributed by atoms with E-state index in [0.717, 1.165) is 24.3 Å². The van der Waals surface area contributed by atoms with Crippen LogP contribution in [0.1, 0.15) is 6.42 Å². The lowest BCUT2D eigenvalue weighted by Gasteiger charge is -2.26. The number of benzene rings is 1. The van der Waals surface area contributed by atoms with Gasteiger partial charge in [0.05, 0.1) is 13.5 Å². The zero-order valence-electron chi connectivity index (χ0n) is 10.7.